The fraction of sp³-hybridized carbons (Fsp3) is 0.353. The van der Waals surface area contributed by atoms with Crippen LogP contribution in [0.2, 0.25) is 5.02 Å². The van der Waals surface area contributed by atoms with Gasteiger partial charge in [-0.2, -0.15) is 0 Å². The third kappa shape index (κ3) is 6.09. The third-order valence-electron chi connectivity index (χ3n) is 8.65. The largest absolute Gasteiger partial charge is 0.368 e. The van der Waals surface area contributed by atoms with Crippen molar-refractivity contribution in [3.63, 3.8) is 0 Å². The molecule has 2 saturated heterocycles. The minimum absolute atomic E-state index is 0.0147. The van der Waals surface area contributed by atoms with Crippen LogP contribution in [0, 0.1) is 12.7 Å². The Bertz CT molecular complexity index is 1500. The molecule has 3 aromatic carbocycles. The van der Waals surface area contributed by atoms with Crippen LogP contribution >= 0.6 is 23.4 Å². The third-order valence-corrected chi connectivity index (χ3v) is 10.3. The molecule has 5 nitrogen and oxygen atoms in total. The first kappa shape index (κ1) is 28.8. The van der Waals surface area contributed by atoms with Crippen LogP contribution in [-0.4, -0.2) is 59.1 Å². The van der Waals surface area contributed by atoms with E-state index < -0.39 is 0 Å². The molecule has 8 heteroatoms. The summed E-state index contributed by atoms with van der Waals surface area (Å²) in [7, 11) is 0. The van der Waals surface area contributed by atoms with Crippen LogP contribution in [0.1, 0.15) is 52.7 Å². The molecule has 2 unspecified atom stereocenters. The summed E-state index contributed by atoms with van der Waals surface area (Å²) in [5.41, 5.74) is 4.36. The Kier molecular flexibility index (Phi) is 8.59. The second-order valence-corrected chi connectivity index (χ2v) is 13.1. The first-order chi connectivity index (χ1) is 20.4. The summed E-state index contributed by atoms with van der Waals surface area (Å²) in [6.45, 7) is 5.14. The minimum Gasteiger partial charge on any atom is -0.368 e. The van der Waals surface area contributed by atoms with E-state index in [-0.39, 0.29) is 30.2 Å². The molecule has 0 radical (unpaired) electrons. The van der Waals surface area contributed by atoms with Crippen molar-refractivity contribution in [1.82, 2.24) is 9.80 Å². The maximum Gasteiger partial charge on any atom is 0.260 e. The van der Waals surface area contributed by atoms with E-state index in [9.17, 15) is 14.0 Å². The maximum atomic E-state index is 14.5. The molecule has 6 rings (SSSR count). The van der Waals surface area contributed by atoms with Crippen LogP contribution in [-0.2, 0) is 11.3 Å². The summed E-state index contributed by atoms with van der Waals surface area (Å²) >= 11 is 7.88. The molecule has 0 aromatic heterocycles. The number of nitrogens with zero attached hydrogens (tertiary/aromatic N) is 3. The number of amides is 2. The smallest absolute Gasteiger partial charge is 0.260 e. The summed E-state index contributed by atoms with van der Waals surface area (Å²) in [6, 6.07) is 20.3. The SMILES string of the molecule is Cc1ccc(Cl)cc1N1CCN(C(=O)c2ccc(/C=C3\SC4CCCCC4N(Cc4ccccc4F)C3=O)cc2)CC1. The summed E-state index contributed by atoms with van der Waals surface area (Å²) in [6.07, 6.45) is 6.16. The monoisotopic (exact) mass is 603 g/mol. The number of carbonyl (C=O) groups is 2. The predicted octanol–water partition coefficient (Wildman–Crippen LogP) is 7.18. The Morgan fingerprint density at radius 3 is 2.50 bits per heavy atom. The van der Waals surface area contributed by atoms with E-state index in [4.69, 9.17) is 11.6 Å². The highest BCUT2D eigenvalue weighted by molar-refractivity contribution is 8.04. The molecule has 42 heavy (non-hydrogen) atoms. The molecule has 1 saturated carbocycles. The van der Waals surface area contributed by atoms with Crippen LogP contribution in [0.5, 0.6) is 0 Å². The van der Waals surface area contributed by atoms with Gasteiger partial charge in [-0.1, -0.05) is 60.8 Å². The van der Waals surface area contributed by atoms with E-state index in [1.165, 1.54) is 11.6 Å². The highest BCUT2D eigenvalue weighted by Gasteiger charge is 2.40. The van der Waals surface area contributed by atoms with Gasteiger partial charge in [0.2, 0.25) is 0 Å². The molecule has 2 atom stereocenters. The van der Waals surface area contributed by atoms with Gasteiger partial charge in [0.25, 0.3) is 11.8 Å². The topological polar surface area (TPSA) is 43.9 Å². The summed E-state index contributed by atoms with van der Waals surface area (Å²) in [5, 5.41) is 1.03. The van der Waals surface area contributed by atoms with E-state index >= 15 is 0 Å². The molecule has 2 amide bonds. The zero-order valence-electron chi connectivity index (χ0n) is 23.8. The van der Waals surface area contributed by atoms with Crippen molar-refractivity contribution >= 4 is 46.9 Å². The number of carbonyl (C=O) groups excluding carboxylic acids is 2. The standard InChI is InChI=1S/C34H35ClFN3O2S/c1-23-10-15-27(35)21-30(23)37-16-18-38(19-17-37)33(40)25-13-11-24(12-14-25)20-32-34(41)39(22-26-6-2-3-7-28(26)36)29-8-4-5-9-31(29)42-32/h2-3,6-7,10-15,20-21,29,31H,4-5,8-9,16-19,22H2,1H3/b32-20-. The van der Waals surface area contributed by atoms with Crippen molar-refractivity contribution in [2.24, 2.45) is 0 Å². The van der Waals surface area contributed by atoms with Crippen LogP contribution in [0.25, 0.3) is 6.08 Å². The number of anilines is 1. The predicted molar refractivity (Wildman–Crippen MR) is 169 cm³/mol. The van der Waals surface area contributed by atoms with Crippen molar-refractivity contribution in [1.29, 1.82) is 0 Å². The van der Waals surface area contributed by atoms with Gasteiger partial charge in [-0.3, -0.25) is 9.59 Å². The van der Waals surface area contributed by atoms with Gasteiger partial charge in [0, 0.05) is 65.9 Å². The first-order valence-electron chi connectivity index (χ1n) is 14.7. The van der Waals surface area contributed by atoms with Crippen molar-refractivity contribution in [3.8, 4) is 0 Å². The summed E-state index contributed by atoms with van der Waals surface area (Å²) in [4.78, 5) is 33.7. The normalized spacial score (nSPS) is 21.9. The van der Waals surface area contributed by atoms with Gasteiger partial charge in [-0.15, -0.1) is 11.8 Å². The van der Waals surface area contributed by atoms with Crippen LogP contribution in [0.4, 0.5) is 10.1 Å². The Morgan fingerprint density at radius 2 is 1.74 bits per heavy atom. The first-order valence-corrected chi connectivity index (χ1v) is 16.0. The van der Waals surface area contributed by atoms with E-state index in [0.29, 0.717) is 39.4 Å². The van der Waals surface area contributed by atoms with Gasteiger partial charge in [0.05, 0.1) is 4.91 Å². The molecule has 3 aromatic rings. The molecule has 218 valence electrons. The fourth-order valence-corrected chi connectivity index (χ4v) is 7.94. The number of thioether (sulfide) groups is 1. The molecule has 0 spiro atoms. The highest BCUT2D eigenvalue weighted by Crippen LogP contribution is 2.43. The Morgan fingerprint density at radius 1 is 1.00 bits per heavy atom. The number of benzene rings is 3. The maximum absolute atomic E-state index is 14.5. The second kappa shape index (κ2) is 12.5. The number of halogens is 2. The van der Waals surface area contributed by atoms with E-state index in [1.807, 2.05) is 64.4 Å². The van der Waals surface area contributed by atoms with Gasteiger partial charge >= 0.3 is 0 Å². The molecule has 3 fully saturated rings. The molecule has 3 aliphatic rings. The van der Waals surface area contributed by atoms with Crippen molar-refractivity contribution < 1.29 is 14.0 Å². The lowest BCUT2D eigenvalue weighted by Gasteiger charge is -2.44. The molecule has 2 heterocycles. The lowest BCUT2D eigenvalue weighted by atomic mass is 9.92. The van der Waals surface area contributed by atoms with Gasteiger partial charge in [0.1, 0.15) is 5.82 Å². The summed E-state index contributed by atoms with van der Waals surface area (Å²) < 4.78 is 14.5. The van der Waals surface area contributed by atoms with Gasteiger partial charge in [-0.25, -0.2) is 4.39 Å². The van der Waals surface area contributed by atoms with E-state index in [1.54, 1.807) is 23.9 Å². The Labute approximate surface area is 256 Å². The Balaban J connectivity index is 1.14. The fourth-order valence-electron chi connectivity index (χ4n) is 6.30. The molecular formula is C34H35ClFN3O2S. The number of aryl methyl sites for hydroxylation is 1. The lowest BCUT2D eigenvalue weighted by molar-refractivity contribution is -0.130. The van der Waals surface area contributed by atoms with Crippen LogP contribution in [0.15, 0.2) is 71.6 Å². The summed E-state index contributed by atoms with van der Waals surface area (Å²) in [5.74, 6) is -0.303. The quantitative estimate of drug-likeness (QED) is 0.290. The van der Waals surface area contributed by atoms with Crippen LogP contribution < -0.4 is 4.90 Å². The minimum atomic E-state index is -0.275. The van der Waals surface area contributed by atoms with Crippen molar-refractivity contribution in [3.05, 3.63) is 105 Å². The zero-order chi connectivity index (χ0) is 29.2. The van der Waals surface area contributed by atoms with E-state index in [0.717, 1.165) is 50.0 Å². The zero-order valence-corrected chi connectivity index (χ0v) is 25.3. The van der Waals surface area contributed by atoms with E-state index in [2.05, 4.69) is 11.8 Å². The molecule has 0 bridgehead atoms. The van der Waals surface area contributed by atoms with Gasteiger partial charge < -0.3 is 14.7 Å². The van der Waals surface area contributed by atoms with Crippen molar-refractivity contribution in [2.45, 2.75) is 50.4 Å². The van der Waals surface area contributed by atoms with Gasteiger partial charge in [0.15, 0.2) is 0 Å². The molecule has 2 aliphatic heterocycles. The number of fused-ring (bicyclic) bond motifs is 1. The Hall–Kier alpha value is -3.29. The number of rotatable bonds is 5. The highest BCUT2D eigenvalue weighted by atomic mass is 35.5. The average molecular weight is 604 g/mol. The average Bonchev–Trinajstić information content (AvgIpc) is 3.01. The number of hydrogen-bond donors (Lipinski definition) is 0. The van der Waals surface area contributed by atoms with Gasteiger partial charge in [-0.05, 0) is 67.3 Å². The van der Waals surface area contributed by atoms with Crippen LogP contribution in [0.3, 0.4) is 0 Å². The molecular weight excluding hydrogens is 569 g/mol. The second-order valence-electron chi connectivity index (χ2n) is 11.4. The van der Waals surface area contributed by atoms with Crippen molar-refractivity contribution in [2.75, 3.05) is 31.1 Å². The number of hydrogen-bond acceptors (Lipinski definition) is 4. The molecule has 1 aliphatic carbocycles. The molecule has 0 N–H and O–H groups in total. The lowest BCUT2D eigenvalue weighted by Crippen LogP contribution is -2.50. The number of piperazine rings is 1.